The monoisotopic (exact) mass is 472 g/mol. The fraction of sp³-hybridized carbons (Fsp3) is 0.286. The van der Waals surface area contributed by atoms with Gasteiger partial charge in [-0.3, -0.25) is 0 Å². The first kappa shape index (κ1) is 21.6. The van der Waals surface area contributed by atoms with Crippen molar-refractivity contribution in [2.75, 3.05) is 5.75 Å². The molecule has 0 spiro atoms. The van der Waals surface area contributed by atoms with Crippen LogP contribution in [0.5, 0.6) is 0 Å². The zero-order valence-electron chi connectivity index (χ0n) is 15.5. The molecule has 3 nitrogen and oxygen atoms in total. The van der Waals surface area contributed by atoms with Crippen molar-refractivity contribution in [3.05, 3.63) is 81.4 Å². The Hall–Kier alpha value is -1.67. The summed E-state index contributed by atoms with van der Waals surface area (Å²) >= 11 is 13.9. The maximum absolute atomic E-state index is 13.2. The lowest BCUT2D eigenvalue weighted by molar-refractivity contribution is -0.137. The number of hydrogen-bond acceptors (Lipinski definition) is 3. The van der Waals surface area contributed by atoms with Gasteiger partial charge in [0, 0.05) is 51.0 Å². The predicted molar refractivity (Wildman–Crippen MR) is 112 cm³/mol. The molecule has 2 atom stereocenters. The number of fused-ring (bicyclic) bond motifs is 1. The number of nitrogens with zero attached hydrogens (tertiary/aromatic N) is 1. The van der Waals surface area contributed by atoms with E-state index in [4.69, 9.17) is 27.9 Å². The Morgan fingerprint density at radius 3 is 2.60 bits per heavy atom. The summed E-state index contributed by atoms with van der Waals surface area (Å²) < 4.78 is 45.7. The van der Waals surface area contributed by atoms with Gasteiger partial charge in [0.1, 0.15) is 5.82 Å². The molecule has 0 aliphatic carbocycles. The topological polar surface area (TPSA) is 37.9 Å². The standard InChI is InChI=1S/C21H17Cl2F3N2OS/c22-16-2-1-3-17(23)15(16)10-29-20-12(8-19-27-6-7-28-19)11-30-18-9-13(21(24,25)26)4-5-14(18)20/h1-7,9,12,20H,8,10-11H2,(H,27,28)/t12-,20-/m0/s1. The van der Waals surface area contributed by atoms with Crippen LogP contribution in [0.4, 0.5) is 13.2 Å². The van der Waals surface area contributed by atoms with Crippen LogP contribution in [0.15, 0.2) is 53.7 Å². The second-order valence-electron chi connectivity index (χ2n) is 6.99. The quantitative estimate of drug-likeness (QED) is 0.436. The van der Waals surface area contributed by atoms with Crippen molar-refractivity contribution in [3.63, 3.8) is 0 Å². The molecular weight excluding hydrogens is 456 g/mol. The van der Waals surface area contributed by atoms with Crippen LogP contribution in [0.1, 0.15) is 28.6 Å². The molecule has 1 aliphatic rings. The van der Waals surface area contributed by atoms with Crippen molar-refractivity contribution < 1.29 is 17.9 Å². The summed E-state index contributed by atoms with van der Waals surface area (Å²) in [5.41, 5.74) is 0.731. The van der Waals surface area contributed by atoms with E-state index in [1.807, 2.05) is 0 Å². The van der Waals surface area contributed by atoms with Crippen LogP contribution in [0.2, 0.25) is 10.0 Å². The number of thioether (sulfide) groups is 1. The summed E-state index contributed by atoms with van der Waals surface area (Å²) in [7, 11) is 0. The van der Waals surface area contributed by atoms with Gasteiger partial charge in [0.2, 0.25) is 0 Å². The van der Waals surface area contributed by atoms with E-state index in [2.05, 4.69) is 9.97 Å². The molecule has 0 saturated carbocycles. The number of alkyl halides is 3. The second kappa shape index (κ2) is 8.83. The zero-order chi connectivity index (χ0) is 21.3. The third-order valence-electron chi connectivity index (χ3n) is 5.01. The first-order valence-corrected chi connectivity index (χ1v) is 10.9. The van der Waals surface area contributed by atoms with Gasteiger partial charge in [0.15, 0.2) is 0 Å². The van der Waals surface area contributed by atoms with Crippen molar-refractivity contribution >= 4 is 35.0 Å². The smallest absolute Gasteiger partial charge is 0.368 e. The summed E-state index contributed by atoms with van der Waals surface area (Å²) in [5.74, 6) is 1.43. The molecule has 0 unspecified atom stereocenters. The summed E-state index contributed by atoms with van der Waals surface area (Å²) in [4.78, 5) is 7.94. The molecule has 4 rings (SSSR count). The van der Waals surface area contributed by atoms with E-state index >= 15 is 0 Å². The van der Waals surface area contributed by atoms with Crippen molar-refractivity contribution in [1.29, 1.82) is 0 Å². The number of rotatable bonds is 5. The molecular formula is C21H17Cl2F3N2OS. The normalized spacial score (nSPS) is 19.0. The molecule has 1 N–H and O–H groups in total. The van der Waals surface area contributed by atoms with E-state index in [0.717, 1.165) is 17.5 Å². The molecule has 30 heavy (non-hydrogen) atoms. The number of imidazole rings is 1. The molecule has 0 fully saturated rings. The van der Waals surface area contributed by atoms with Gasteiger partial charge < -0.3 is 9.72 Å². The molecule has 2 heterocycles. The SMILES string of the molecule is FC(F)(F)c1ccc2c(c1)SC[C@H](Cc1ncc[nH]1)[C@@H]2OCc1c(Cl)cccc1Cl. The Balaban J connectivity index is 1.64. The molecule has 0 radical (unpaired) electrons. The number of ether oxygens (including phenoxy) is 1. The van der Waals surface area contributed by atoms with E-state index in [0.29, 0.717) is 32.7 Å². The molecule has 0 bridgehead atoms. The van der Waals surface area contributed by atoms with Crippen LogP contribution in [0.25, 0.3) is 0 Å². The zero-order valence-corrected chi connectivity index (χ0v) is 17.9. The second-order valence-corrected chi connectivity index (χ2v) is 8.87. The fourth-order valence-electron chi connectivity index (χ4n) is 3.50. The van der Waals surface area contributed by atoms with Gasteiger partial charge in [-0.05, 0) is 29.8 Å². The lowest BCUT2D eigenvalue weighted by Crippen LogP contribution is -2.25. The highest BCUT2D eigenvalue weighted by Gasteiger charge is 2.36. The van der Waals surface area contributed by atoms with Crippen LogP contribution in [-0.2, 0) is 23.9 Å². The highest BCUT2D eigenvalue weighted by molar-refractivity contribution is 7.99. The largest absolute Gasteiger partial charge is 0.416 e. The number of halogens is 5. The van der Waals surface area contributed by atoms with E-state index in [9.17, 15) is 13.2 Å². The van der Waals surface area contributed by atoms with Gasteiger partial charge in [-0.2, -0.15) is 13.2 Å². The maximum atomic E-state index is 13.2. The van der Waals surface area contributed by atoms with Crippen molar-refractivity contribution in [2.24, 2.45) is 5.92 Å². The molecule has 2 aromatic carbocycles. The first-order chi connectivity index (χ1) is 14.3. The minimum absolute atomic E-state index is 0.0200. The molecule has 1 aromatic heterocycles. The Morgan fingerprint density at radius 1 is 1.17 bits per heavy atom. The summed E-state index contributed by atoms with van der Waals surface area (Å²) in [6, 6.07) is 9.02. The van der Waals surface area contributed by atoms with E-state index in [1.54, 1.807) is 30.6 Å². The molecule has 0 amide bonds. The van der Waals surface area contributed by atoms with Crippen LogP contribution < -0.4 is 0 Å². The number of benzene rings is 2. The fourth-order valence-corrected chi connectivity index (χ4v) is 5.26. The molecule has 0 saturated heterocycles. The summed E-state index contributed by atoms with van der Waals surface area (Å²) in [6.07, 6.45) is -0.771. The van der Waals surface area contributed by atoms with Gasteiger partial charge in [-0.25, -0.2) is 4.98 Å². The molecule has 3 aromatic rings. The van der Waals surface area contributed by atoms with Gasteiger partial charge in [-0.15, -0.1) is 11.8 Å². The van der Waals surface area contributed by atoms with Crippen LogP contribution >= 0.6 is 35.0 Å². The molecule has 9 heteroatoms. The van der Waals surface area contributed by atoms with Crippen molar-refractivity contribution in [3.8, 4) is 0 Å². The van der Waals surface area contributed by atoms with Crippen LogP contribution in [0.3, 0.4) is 0 Å². The highest BCUT2D eigenvalue weighted by Crippen LogP contribution is 2.45. The van der Waals surface area contributed by atoms with E-state index in [-0.39, 0.29) is 12.5 Å². The van der Waals surface area contributed by atoms with Gasteiger partial charge in [0.25, 0.3) is 0 Å². The minimum atomic E-state index is -4.39. The number of H-pyrrole nitrogens is 1. The minimum Gasteiger partial charge on any atom is -0.368 e. The Kier molecular flexibility index (Phi) is 6.34. The van der Waals surface area contributed by atoms with Gasteiger partial charge in [0.05, 0.1) is 18.3 Å². The number of hydrogen-bond donors (Lipinski definition) is 1. The molecule has 158 valence electrons. The average molecular weight is 473 g/mol. The lowest BCUT2D eigenvalue weighted by Gasteiger charge is -2.33. The first-order valence-electron chi connectivity index (χ1n) is 9.19. The number of aromatic amines is 1. The number of aromatic nitrogens is 2. The molecule has 1 aliphatic heterocycles. The summed E-state index contributed by atoms with van der Waals surface area (Å²) in [5, 5.41) is 0.978. The summed E-state index contributed by atoms with van der Waals surface area (Å²) in [6.45, 7) is 0.156. The van der Waals surface area contributed by atoms with Crippen molar-refractivity contribution in [1.82, 2.24) is 9.97 Å². The highest BCUT2D eigenvalue weighted by atomic mass is 35.5. The average Bonchev–Trinajstić information content (AvgIpc) is 3.20. The van der Waals surface area contributed by atoms with Gasteiger partial charge in [-0.1, -0.05) is 35.3 Å². The van der Waals surface area contributed by atoms with Gasteiger partial charge >= 0.3 is 6.18 Å². The van der Waals surface area contributed by atoms with Crippen molar-refractivity contribution in [2.45, 2.75) is 30.2 Å². The third kappa shape index (κ3) is 4.64. The van der Waals surface area contributed by atoms with E-state index < -0.39 is 17.8 Å². The Bertz CT molecular complexity index is 1010. The van der Waals surface area contributed by atoms with Crippen LogP contribution in [-0.4, -0.2) is 15.7 Å². The Morgan fingerprint density at radius 2 is 1.93 bits per heavy atom. The van der Waals surface area contributed by atoms with E-state index in [1.165, 1.54) is 23.9 Å². The Labute approximate surface area is 185 Å². The maximum Gasteiger partial charge on any atom is 0.416 e. The predicted octanol–water partition coefficient (Wildman–Crippen LogP) is 6.96. The number of nitrogens with one attached hydrogen (secondary N) is 1. The third-order valence-corrected chi connectivity index (χ3v) is 6.98. The van der Waals surface area contributed by atoms with Crippen LogP contribution in [0, 0.1) is 5.92 Å². The lowest BCUT2D eigenvalue weighted by atomic mass is 9.92.